The van der Waals surface area contributed by atoms with Gasteiger partial charge in [0.15, 0.2) is 5.82 Å². The molecule has 0 N–H and O–H groups in total. The quantitative estimate of drug-likeness (QED) is 0.499. The number of benzene rings is 2. The number of piperazine rings is 1. The second-order valence-corrected chi connectivity index (χ2v) is 8.05. The highest BCUT2D eigenvalue weighted by atomic mass is 19.1. The molecule has 0 bridgehead atoms. The number of nitrogens with zero attached hydrogens (tertiary/aromatic N) is 6. The standard InChI is InChI=1S/C24H25FN6/c1-18-14-23(30-12-10-29(11-13-30)17-19-6-3-2-4-7-19)31-24(26-18)27-22(28-31)16-20-8-5-9-21(25)15-20/h2-9,14-15H,10-13,16-17H2,1H3. The van der Waals surface area contributed by atoms with Crippen LogP contribution in [0.3, 0.4) is 0 Å². The number of fused-ring (bicyclic) bond motifs is 1. The van der Waals surface area contributed by atoms with E-state index in [9.17, 15) is 4.39 Å². The molecule has 6 nitrogen and oxygen atoms in total. The molecule has 1 fully saturated rings. The Morgan fingerprint density at radius 3 is 2.42 bits per heavy atom. The lowest BCUT2D eigenvalue weighted by Gasteiger charge is -2.36. The maximum absolute atomic E-state index is 13.5. The van der Waals surface area contributed by atoms with Gasteiger partial charge in [0.1, 0.15) is 11.6 Å². The summed E-state index contributed by atoms with van der Waals surface area (Å²) in [5.41, 5.74) is 3.11. The predicted molar refractivity (Wildman–Crippen MR) is 119 cm³/mol. The first-order valence-corrected chi connectivity index (χ1v) is 10.6. The van der Waals surface area contributed by atoms with E-state index in [4.69, 9.17) is 5.10 Å². The van der Waals surface area contributed by atoms with Gasteiger partial charge in [0.2, 0.25) is 0 Å². The van der Waals surface area contributed by atoms with E-state index in [0.29, 0.717) is 18.0 Å². The summed E-state index contributed by atoms with van der Waals surface area (Å²) in [6, 6.07) is 19.2. The second kappa shape index (κ2) is 8.43. The van der Waals surface area contributed by atoms with E-state index in [2.05, 4.69) is 56.2 Å². The van der Waals surface area contributed by atoms with Gasteiger partial charge in [-0.3, -0.25) is 4.90 Å². The molecule has 0 atom stereocenters. The summed E-state index contributed by atoms with van der Waals surface area (Å²) < 4.78 is 15.4. The third-order valence-corrected chi connectivity index (χ3v) is 5.66. The molecule has 31 heavy (non-hydrogen) atoms. The minimum Gasteiger partial charge on any atom is -0.354 e. The number of hydrogen-bond donors (Lipinski definition) is 0. The molecular weight excluding hydrogens is 391 g/mol. The predicted octanol–water partition coefficient (Wildman–Crippen LogP) is 3.48. The van der Waals surface area contributed by atoms with Crippen molar-refractivity contribution in [3.8, 4) is 0 Å². The van der Waals surface area contributed by atoms with Crippen LogP contribution in [0.2, 0.25) is 0 Å². The van der Waals surface area contributed by atoms with Gasteiger partial charge >= 0.3 is 0 Å². The fourth-order valence-corrected chi connectivity index (χ4v) is 4.12. The molecule has 1 aliphatic rings. The SMILES string of the molecule is Cc1cc(N2CCN(Cc3ccccc3)CC2)n2nc(Cc3cccc(F)c3)nc2n1. The fourth-order valence-electron chi connectivity index (χ4n) is 4.12. The van der Waals surface area contributed by atoms with Crippen molar-refractivity contribution in [3.63, 3.8) is 0 Å². The molecule has 5 rings (SSSR count). The second-order valence-electron chi connectivity index (χ2n) is 8.05. The van der Waals surface area contributed by atoms with Crippen LogP contribution < -0.4 is 4.90 Å². The first-order chi connectivity index (χ1) is 15.1. The lowest BCUT2D eigenvalue weighted by atomic mass is 10.1. The maximum Gasteiger partial charge on any atom is 0.254 e. The van der Waals surface area contributed by atoms with E-state index in [0.717, 1.165) is 49.8 Å². The molecule has 0 aliphatic carbocycles. The minimum absolute atomic E-state index is 0.246. The van der Waals surface area contributed by atoms with Crippen molar-refractivity contribution in [3.05, 3.63) is 89.1 Å². The zero-order valence-corrected chi connectivity index (χ0v) is 17.6. The summed E-state index contributed by atoms with van der Waals surface area (Å²) in [6.07, 6.45) is 0.477. The number of halogens is 1. The molecule has 0 amide bonds. The van der Waals surface area contributed by atoms with Crippen LogP contribution in [0.4, 0.5) is 10.2 Å². The van der Waals surface area contributed by atoms with Crippen LogP contribution in [0, 0.1) is 12.7 Å². The van der Waals surface area contributed by atoms with E-state index < -0.39 is 0 Å². The Kier molecular flexibility index (Phi) is 5.34. The van der Waals surface area contributed by atoms with Gasteiger partial charge in [-0.2, -0.15) is 9.50 Å². The number of anilines is 1. The van der Waals surface area contributed by atoms with Crippen LogP contribution >= 0.6 is 0 Å². The van der Waals surface area contributed by atoms with Crippen molar-refractivity contribution in [2.24, 2.45) is 0 Å². The van der Waals surface area contributed by atoms with E-state index in [1.54, 1.807) is 6.07 Å². The van der Waals surface area contributed by atoms with Crippen LogP contribution in [-0.4, -0.2) is 50.7 Å². The van der Waals surface area contributed by atoms with Crippen molar-refractivity contribution in [1.29, 1.82) is 0 Å². The van der Waals surface area contributed by atoms with Crippen molar-refractivity contribution < 1.29 is 4.39 Å². The molecule has 0 unspecified atom stereocenters. The largest absolute Gasteiger partial charge is 0.354 e. The first-order valence-electron chi connectivity index (χ1n) is 10.6. The van der Waals surface area contributed by atoms with Crippen LogP contribution in [0.1, 0.15) is 22.6 Å². The lowest BCUT2D eigenvalue weighted by molar-refractivity contribution is 0.249. The topological polar surface area (TPSA) is 49.6 Å². The highest BCUT2D eigenvalue weighted by Crippen LogP contribution is 2.20. The van der Waals surface area contributed by atoms with E-state index in [1.165, 1.54) is 17.7 Å². The van der Waals surface area contributed by atoms with Gasteiger partial charge in [-0.05, 0) is 30.2 Å². The van der Waals surface area contributed by atoms with E-state index >= 15 is 0 Å². The molecule has 158 valence electrons. The lowest BCUT2D eigenvalue weighted by Crippen LogP contribution is -2.46. The van der Waals surface area contributed by atoms with Crippen molar-refractivity contribution in [1.82, 2.24) is 24.5 Å². The number of aryl methyl sites for hydroxylation is 1. The van der Waals surface area contributed by atoms with Crippen molar-refractivity contribution >= 4 is 11.6 Å². The number of aromatic nitrogens is 4. The normalized spacial score (nSPS) is 15.0. The highest BCUT2D eigenvalue weighted by Gasteiger charge is 2.21. The van der Waals surface area contributed by atoms with Crippen LogP contribution in [-0.2, 0) is 13.0 Å². The van der Waals surface area contributed by atoms with Crippen LogP contribution in [0.15, 0.2) is 60.7 Å². The van der Waals surface area contributed by atoms with Gasteiger partial charge in [-0.25, -0.2) is 9.37 Å². The maximum atomic E-state index is 13.5. The van der Waals surface area contributed by atoms with Crippen LogP contribution in [0.5, 0.6) is 0 Å². The minimum atomic E-state index is -0.246. The Labute approximate surface area is 181 Å². The van der Waals surface area contributed by atoms with Crippen molar-refractivity contribution in [2.75, 3.05) is 31.1 Å². The molecule has 4 aromatic rings. The Morgan fingerprint density at radius 2 is 1.65 bits per heavy atom. The molecule has 3 heterocycles. The highest BCUT2D eigenvalue weighted by molar-refractivity contribution is 5.48. The van der Waals surface area contributed by atoms with Gasteiger partial charge in [0, 0.05) is 50.9 Å². The van der Waals surface area contributed by atoms with Crippen molar-refractivity contribution in [2.45, 2.75) is 19.9 Å². The molecule has 1 saturated heterocycles. The summed E-state index contributed by atoms with van der Waals surface area (Å²) in [6.45, 7) is 6.77. The molecule has 0 spiro atoms. The summed E-state index contributed by atoms with van der Waals surface area (Å²) in [7, 11) is 0. The molecule has 7 heteroatoms. The summed E-state index contributed by atoms with van der Waals surface area (Å²) in [5.74, 6) is 2.00. The Morgan fingerprint density at radius 1 is 0.871 bits per heavy atom. The van der Waals surface area contributed by atoms with Crippen LogP contribution in [0.25, 0.3) is 5.78 Å². The van der Waals surface area contributed by atoms with Gasteiger partial charge < -0.3 is 4.90 Å². The van der Waals surface area contributed by atoms with Gasteiger partial charge in [-0.15, -0.1) is 5.10 Å². The smallest absolute Gasteiger partial charge is 0.254 e. The molecule has 2 aromatic carbocycles. The fraction of sp³-hybridized carbons (Fsp3) is 0.292. The number of hydrogen-bond acceptors (Lipinski definition) is 5. The molecule has 2 aromatic heterocycles. The third kappa shape index (κ3) is 4.41. The molecule has 1 aliphatic heterocycles. The third-order valence-electron chi connectivity index (χ3n) is 5.66. The molecular formula is C24H25FN6. The molecule has 0 radical (unpaired) electrons. The Hall–Kier alpha value is -3.32. The number of rotatable bonds is 5. The zero-order chi connectivity index (χ0) is 21.2. The average molecular weight is 417 g/mol. The molecule has 0 saturated carbocycles. The monoisotopic (exact) mass is 416 g/mol. The average Bonchev–Trinajstić information content (AvgIpc) is 3.16. The zero-order valence-electron chi connectivity index (χ0n) is 17.6. The van der Waals surface area contributed by atoms with E-state index in [-0.39, 0.29) is 5.82 Å². The summed E-state index contributed by atoms with van der Waals surface area (Å²) in [5, 5.41) is 4.71. The summed E-state index contributed by atoms with van der Waals surface area (Å²) in [4.78, 5) is 14.0. The van der Waals surface area contributed by atoms with Gasteiger partial charge in [0.25, 0.3) is 5.78 Å². The van der Waals surface area contributed by atoms with E-state index in [1.807, 2.05) is 17.5 Å². The van der Waals surface area contributed by atoms with Gasteiger partial charge in [-0.1, -0.05) is 42.5 Å². The Bertz CT molecular complexity index is 1180. The van der Waals surface area contributed by atoms with Gasteiger partial charge in [0.05, 0.1) is 0 Å². The first kappa shape index (κ1) is 19.6. The Balaban J connectivity index is 1.34. The summed E-state index contributed by atoms with van der Waals surface area (Å²) >= 11 is 0.